The molecule has 4 aromatic rings. The highest BCUT2D eigenvalue weighted by Crippen LogP contribution is 2.62. The molecule has 2 aliphatic carbocycles. The van der Waals surface area contributed by atoms with Gasteiger partial charge in [-0.3, -0.25) is 4.90 Å². The fourth-order valence-corrected chi connectivity index (χ4v) is 11.0. The highest BCUT2D eigenvalue weighted by molar-refractivity contribution is 6.03. The fourth-order valence-electron chi connectivity index (χ4n) is 11.0. The molecule has 1 saturated heterocycles. The second kappa shape index (κ2) is 23.2. The summed E-state index contributed by atoms with van der Waals surface area (Å²) in [5.74, 6) is 0.904. The summed E-state index contributed by atoms with van der Waals surface area (Å²) in [6, 6.07) is 29.1. The van der Waals surface area contributed by atoms with Crippen molar-refractivity contribution in [1.29, 1.82) is 0 Å². The first-order valence-corrected chi connectivity index (χ1v) is 25.0. The summed E-state index contributed by atoms with van der Waals surface area (Å²) in [6.45, 7) is 9.15. The molecule has 7 atom stereocenters. The first kappa shape index (κ1) is 48.9. The van der Waals surface area contributed by atoms with Gasteiger partial charge in [0.25, 0.3) is 0 Å². The number of carbonyl (C=O) groups is 1. The van der Waals surface area contributed by atoms with Crippen molar-refractivity contribution in [1.82, 2.24) is 4.90 Å². The molecule has 9 rings (SSSR count). The number of oxime groups is 1. The van der Waals surface area contributed by atoms with E-state index in [-0.39, 0.29) is 63.9 Å². The summed E-state index contributed by atoms with van der Waals surface area (Å²) in [7, 11) is 0. The van der Waals surface area contributed by atoms with Crippen LogP contribution in [0.4, 0.5) is 4.79 Å². The fraction of sp³-hybridized carbons (Fsp3) is 0.439. The van der Waals surface area contributed by atoms with Gasteiger partial charge in [-0.05, 0) is 122 Å². The Bertz CT molecular complexity index is 2470. The standard InChI is InChI=1S/C57H66N2O11/c1-3-5-31-64-56(62)59(37-39-20-26-50-51(33-39)66-38-65-50)52-36-48(58-70-53-19-11-14-32-63-53)46-34-42(17-9-12-28-60)45(18-10-13-29-61)54-47-35-44(25-27-49(47)69-57(52,55(46)54)67-30-4-2)68-43-23-21-41(22-24-43)40-15-7-6-8-16-40/h3-4,6-8,15-16,20-27,33-35,42,45,52-55,60-61H,1-2,5,9-14,17-19,28-32,36-38H2. The number of ether oxygens (including phenoxy) is 7. The van der Waals surface area contributed by atoms with Gasteiger partial charge >= 0.3 is 6.09 Å². The Morgan fingerprint density at radius 2 is 1.61 bits per heavy atom. The van der Waals surface area contributed by atoms with E-state index in [1.807, 2.05) is 60.7 Å². The predicted octanol–water partition coefficient (Wildman–Crippen LogP) is 11.2. The third kappa shape index (κ3) is 10.8. The Hall–Kier alpha value is -6.12. The van der Waals surface area contributed by atoms with Crippen LogP contribution in [0.2, 0.25) is 0 Å². The molecule has 2 N–H and O–H groups in total. The van der Waals surface area contributed by atoms with Gasteiger partial charge < -0.3 is 48.2 Å². The molecule has 4 aromatic carbocycles. The van der Waals surface area contributed by atoms with Gasteiger partial charge in [-0.25, -0.2) is 4.79 Å². The van der Waals surface area contributed by atoms with Gasteiger partial charge in [0.2, 0.25) is 18.9 Å². The normalized spacial score (nSPS) is 24.6. The number of fused-ring (bicyclic) bond motifs is 3. The number of benzene rings is 4. The summed E-state index contributed by atoms with van der Waals surface area (Å²) in [6.07, 6.45) is 12.4. The summed E-state index contributed by atoms with van der Waals surface area (Å²) >= 11 is 0. The summed E-state index contributed by atoms with van der Waals surface area (Å²) in [4.78, 5) is 23.0. The zero-order valence-corrected chi connectivity index (χ0v) is 40.0. The number of carbonyl (C=O) groups excluding carboxylic acids is 1. The maximum Gasteiger partial charge on any atom is 0.410 e. The maximum atomic E-state index is 14.9. The van der Waals surface area contributed by atoms with Crippen molar-refractivity contribution in [2.75, 3.05) is 39.8 Å². The van der Waals surface area contributed by atoms with Crippen molar-refractivity contribution in [3.05, 3.63) is 139 Å². The van der Waals surface area contributed by atoms with E-state index >= 15 is 0 Å². The molecule has 13 heteroatoms. The number of amides is 1. The van der Waals surface area contributed by atoms with E-state index in [0.29, 0.717) is 66.7 Å². The monoisotopic (exact) mass is 954 g/mol. The van der Waals surface area contributed by atoms with Crippen LogP contribution in [0.3, 0.4) is 0 Å². The van der Waals surface area contributed by atoms with Crippen molar-refractivity contribution in [2.24, 2.45) is 22.9 Å². The molecule has 13 nitrogen and oxygen atoms in total. The number of aliphatic hydroxyl groups is 2. The lowest BCUT2D eigenvalue weighted by molar-refractivity contribution is -0.256. The lowest BCUT2D eigenvalue weighted by Crippen LogP contribution is -2.70. The third-order valence-electron chi connectivity index (χ3n) is 14.2. The molecule has 1 amide bonds. The van der Waals surface area contributed by atoms with Crippen LogP contribution in [0.15, 0.2) is 133 Å². The number of rotatable bonds is 22. The predicted molar refractivity (Wildman–Crippen MR) is 266 cm³/mol. The van der Waals surface area contributed by atoms with Crippen molar-refractivity contribution in [3.63, 3.8) is 0 Å². The number of hydrogen-bond acceptors (Lipinski definition) is 12. The summed E-state index contributed by atoms with van der Waals surface area (Å²) in [5, 5.41) is 25.2. The molecule has 5 aliphatic rings. The van der Waals surface area contributed by atoms with E-state index < -0.39 is 30.1 Å². The Balaban J connectivity index is 1.21. The summed E-state index contributed by atoms with van der Waals surface area (Å²) in [5.41, 5.74) is 5.53. The molecule has 0 spiro atoms. The SMILES string of the molecule is C=CCCOC(=O)N(Cc1ccc2c(c1)OCO2)C1CC(=NOC2CCCCO2)C2=CC(CCCCO)C(CCCCO)C3c4cc(Oc5ccc(-c6ccccc6)cc5)ccc4OC1(OCC=C)C23. The number of unbranched alkanes of at least 4 members (excludes halogenated alkanes) is 2. The van der Waals surface area contributed by atoms with Crippen molar-refractivity contribution in [2.45, 2.75) is 101 Å². The van der Waals surface area contributed by atoms with Crippen molar-refractivity contribution < 1.29 is 53.0 Å². The Labute approximate surface area is 411 Å². The molecular formula is C57H66N2O11. The topological polar surface area (TPSA) is 147 Å². The largest absolute Gasteiger partial charge is 0.459 e. The van der Waals surface area contributed by atoms with Gasteiger partial charge in [0.15, 0.2) is 11.5 Å². The minimum absolute atomic E-state index is 0.0122. The zero-order chi connectivity index (χ0) is 48.3. The zero-order valence-electron chi connectivity index (χ0n) is 40.0. The second-order valence-electron chi connectivity index (χ2n) is 18.7. The van der Waals surface area contributed by atoms with Crippen LogP contribution in [-0.4, -0.2) is 84.9 Å². The number of nitrogens with zero attached hydrogens (tertiary/aromatic N) is 2. The average Bonchev–Trinajstić information content (AvgIpc) is 3.87. The van der Waals surface area contributed by atoms with E-state index in [1.54, 1.807) is 17.1 Å². The summed E-state index contributed by atoms with van der Waals surface area (Å²) < 4.78 is 45.0. The van der Waals surface area contributed by atoms with Gasteiger partial charge in [-0.2, -0.15) is 0 Å². The van der Waals surface area contributed by atoms with Crippen LogP contribution in [0, 0.1) is 17.8 Å². The first-order chi connectivity index (χ1) is 34.4. The Morgan fingerprint density at radius 1 is 0.843 bits per heavy atom. The van der Waals surface area contributed by atoms with E-state index in [4.69, 9.17) is 43.2 Å². The van der Waals surface area contributed by atoms with Crippen molar-refractivity contribution >= 4 is 11.8 Å². The highest BCUT2D eigenvalue weighted by atomic mass is 16.8. The van der Waals surface area contributed by atoms with Crippen LogP contribution >= 0.6 is 0 Å². The highest BCUT2D eigenvalue weighted by Gasteiger charge is 2.66. The number of allylic oxidation sites excluding steroid dienone is 1. The molecule has 0 radical (unpaired) electrons. The minimum Gasteiger partial charge on any atom is -0.459 e. The van der Waals surface area contributed by atoms with Crippen LogP contribution < -0.4 is 18.9 Å². The quantitative estimate of drug-likeness (QED) is 0.0441. The Morgan fingerprint density at radius 3 is 2.39 bits per heavy atom. The van der Waals surface area contributed by atoms with Gasteiger partial charge in [0.05, 0.1) is 31.5 Å². The molecular weight excluding hydrogens is 889 g/mol. The van der Waals surface area contributed by atoms with E-state index in [9.17, 15) is 15.0 Å². The maximum absolute atomic E-state index is 14.9. The molecule has 0 bridgehead atoms. The van der Waals surface area contributed by atoms with Gasteiger partial charge in [-0.1, -0.05) is 84.8 Å². The molecule has 7 unspecified atom stereocenters. The number of hydrogen-bond donors (Lipinski definition) is 2. The smallest absolute Gasteiger partial charge is 0.410 e. The van der Waals surface area contributed by atoms with E-state index in [2.05, 4.69) is 49.6 Å². The van der Waals surface area contributed by atoms with Crippen LogP contribution in [0.5, 0.6) is 28.7 Å². The molecule has 370 valence electrons. The van der Waals surface area contributed by atoms with Gasteiger partial charge in [-0.15, -0.1) is 13.2 Å². The minimum atomic E-state index is -1.51. The molecule has 2 fully saturated rings. The third-order valence-corrected chi connectivity index (χ3v) is 14.2. The van der Waals surface area contributed by atoms with Gasteiger partial charge in [0.1, 0.15) is 23.3 Å². The van der Waals surface area contributed by atoms with E-state index in [0.717, 1.165) is 66.4 Å². The van der Waals surface area contributed by atoms with Crippen LogP contribution in [-0.2, 0) is 25.6 Å². The lowest BCUT2D eigenvalue weighted by atomic mass is 9.55. The van der Waals surface area contributed by atoms with Gasteiger partial charge in [0, 0.05) is 44.1 Å². The number of aliphatic hydroxyl groups excluding tert-OH is 2. The van der Waals surface area contributed by atoms with E-state index in [1.165, 1.54) is 0 Å². The molecule has 1 saturated carbocycles. The molecule has 70 heavy (non-hydrogen) atoms. The molecule has 3 heterocycles. The lowest BCUT2D eigenvalue weighted by Gasteiger charge is -2.59. The Kier molecular flexibility index (Phi) is 16.2. The second-order valence-corrected chi connectivity index (χ2v) is 18.7. The van der Waals surface area contributed by atoms with Crippen molar-refractivity contribution in [3.8, 4) is 39.9 Å². The van der Waals surface area contributed by atoms with Crippen LogP contribution in [0.1, 0.15) is 87.7 Å². The van der Waals surface area contributed by atoms with Crippen LogP contribution in [0.25, 0.3) is 11.1 Å². The molecule has 3 aliphatic heterocycles. The average molecular weight is 955 g/mol. The molecule has 0 aromatic heterocycles. The first-order valence-electron chi connectivity index (χ1n) is 25.0.